The van der Waals surface area contributed by atoms with Crippen molar-refractivity contribution < 1.29 is 4.79 Å². The summed E-state index contributed by atoms with van der Waals surface area (Å²) in [4.78, 5) is 17.8. The summed E-state index contributed by atoms with van der Waals surface area (Å²) in [6, 6.07) is 16.2. The van der Waals surface area contributed by atoms with Crippen LogP contribution in [-0.2, 0) is 7.05 Å². The molecule has 0 spiro atoms. The molecule has 1 atom stereocenters. The van der Waals surface area contributed by atoms with Crippen LogP contribution in [-0.4, -0.2) is 25.3 Å². The molecule has 0 bridgehead atoms. The number of rotatable bonds is 4. The monoisotopic (exact) mass is 349 g/mol. The largest absolute Gasteiger partial charge is 0.329 e. The van der Waals surface area contributed by atoms with Crippen LogP contribution in [0.1, 0.15) is 18.1 Å². The van der Waals surface area contributed by atoms with Crippen molar-refractivity contribution in [1.29, 1.82) is 0 Å². The van der Waals surface area contributed by atoms with Crippen LogP contribution in [0.25, 0.3) is 21.8 Å². The molecule has 1 unspecified atom stereocenters. The number of imidazole rings is 1. The van der Waals surface area contributed by atoms with E-state index >= 15 is 0 Å². The Morgan fingerprint density at radius 1 is 1.08 bits per heavy atom. The Labute approximate surface area is 150 Å². The third kappa shape index (κ3) is 2.65. The molecule has 5 heteroatoms. The Kier molecular flexibility index (Phi) is 4.09. The molecular weight excluding hydrogens is 330 g/mol. The topological polar surface area (TPSA) is 39.8 Å². The second-order valence-corrected chi connectivity index (χ2v) is 7.21. The van der Waals surface area contributed by atoms with Crippen molar-refractivity contribution >= 4 is 39.5 Å². The summed E-state index contributed by atoms with van der Waals surface area (Å²) >= 11 is 1.53. The fraction of sp³-hybridized carbons (Fsp3) is 0.200. The number of carbonyl (C=O) groups is 1. The van der Waals surface area contributed by atoms with Crippen LogP contribution >= 0.6 is 11.8 Å². The maximum absolute atomic E-state index is 13.4. The minimum Gasteiger partial charge on any atom is -0.329 e. The second kappa shape index (κ2) is 6.41. The van der Waals surface area contributed by atoms with Crippen molar-refractivity contribution in [2.24, 2.45) is 7.05 Å². The molecule has 126 valence electrons. The van der Waals surface area contributed by atoms with Crippen molar-refractivity contribution in [3.8, 4) is 0 Å². The lowest BCUT2D eigenvalue weighted by molar-refractivity contribution is 0.0919. The third-order valence-electron chi connectivity index (χ3n) is 4.47. The highest BCUT2D eigenvalue weighted by molar-refractivity contribution is 8.00. The lowest BCUT2D eigenvalue weighted by Gasteiger charge is -2.15. The first-order valence-electron chi connectivity index (χ1n) is 8.37. The summed E-state index contributed by atoms with van der Waals surface area (Å²) in [5.41, 5.74) is 1.93. The van der Waals surface area contributed by atoms with Gasteiger partial charge >= 0.3 is 0 Å². The normalized spacial score (nSPS) is 12.7. The Morgan fingerprint density at radius 3 is 2.20 bits per heavy atom. The molecular formula is C20H19N3OS. The van der Waals surface area contributed by atoms with Gasteiger partial charge in [0.1, 0.15) is 0 Å². The SMILES string of the molecule is CCC(Sc1nccn1C)C(=O)n1c2ccccc2c2ccccc21. The minimum atomic E-state index is -0.180. The zero-order chi connectivity index (χ0) is 17.4. The zero-order valence-electron chi connectivity index (χ0n) is 14.2. The molecule has 0 fully saturated rings. The number of aromatic nitrogens is 3. The van der Waals surface area contributed by atoms with Crippen molar-refractivity contribution in [2.45, 2.75) is 23.8 Å². The van der Waals surface area contributed by atoms with Gasteiger partial charge in [-0.2, -0.15) is 0 Å². The number of hydrogen-bond donors (Lipinski definition) is 0. The number of aryl methyl sites for hydroxylation is 1. The first kappa shape index (κ1) is 16.0. The van der Waals surface area contributed by atoms with E-state index in [1.54, 1.807) is 6.20 Å². The summed E-state index contributed by atoms with van der Waals surface area (Å²) in [7, 11) is 1.95. The Hall–Kier alpha value is -2.53. The molecule has 25 heavy (non-hydrogen) atoms. The number of hydrogen-bond acceptors (Lipinski definition) is 3. The number of fused-ring (bicyclic) bond motifs is 3. The first-order chi connectivity index (χ1) is 12.2. The van der Waals surface area contributed by atoms with E-state index in [1.165, 1.54) is 11.8 Å². The number of thioether (sulfide) groups is 1. The van der Waals surface area contributed by atoms with Gasteiger partial charge in [0.15, 0.2) is 5.16 Å². The molecule has 4 rings (SSSR count). The molecule has 0 amide bonds. The summed E-state index contributed by atoms with van der Waals surface area (Å²) in [5.74, 6) is 0.105. The molecule has 2 aromatic heterocycles. The molecule has 0 saturated carbocycles. The van der Waals surface area contributed by atoms with Gasteiger partial charge < -0.3 is 4.57 Å². The average molecular weight is 349 g/mol. The van der Waals surface area contributed by atoms with Gasteiger partial charge in [0.05, 0.1) is 16.3 Å². The van der Waals surface area contributed by atoms with Crippen molar-refractivity contribution in [1.82, 2.24) is 14.1 Å². The van der Waals surface area contributed by atoms with Gasteiger partial charge in [-0.05, 0) is 18.6 Å². The molecule has 2 heterocycles. The molecule has 0 aliphatic carbocycles. The minimum absolute atomic E-state index is 0.105. The number of benzene rings is 2. The van der Waals surface area contributed by atoms with Gasteiger partial charge in [0.2, 0.25) is 5.91 Å². The van der Waals surface area contributed by atoms with Crippen molar-refractivity contribution in [2.75, 3.05) is 0 Å². The van der Waals surface area contributed by atoms with E-state index < -0.39 is 0 Å². The lowest BCUT2D eigenvalue weighted by Crippen LogP contribution is -2.23. The smallest absolute Gasteiger partial charge is 0.245 e. The van der Waals surface area contributed by atoms with Crippen LogP contribution in [0.3, 0.4) is 0 Å². The summed E-state index contributed by atoms with van der Waals surface area (Å²) in [6.07, 6.45) is 4.41. The predicted octanol–water partition coefficient (Wildman–Crippen LogP) is 4.74. The summed E-state index contributed by atoms with van der Waals surface area (Å²) in [6.45, 7) is 2.05. The summed E-state index contributed by atoms with van der Waals surface area (Å²) in [5, 5.41) is 2.91. The maximum atomic E-state index is 13.4. The van der Waals surface area contributed by atoms with Crippen LogP contribution in [0.15, 0.2) is 66.1 Å². The summed E-state index contributed by atoms with van der Waals surface area (Å²) < 4.78 is 3.82. The van der Waals surface area contributed by atoms with E-state index in [4.69, 9.17) is 0 Å². The van der Waals surface area contributed by atoms with E-state index in [2.05, 4.69) is 17.1 Å². The molecule has 2 aromatic carbocycles. The standard InChI is InChI=1S/C20H19N3OS/c1-3-18(25-20-21-12-13-22(20)2)19(24)23-16-10-6-4-8-14(16)15-9-5-7-11-17(15)23/h4-13,18H,3H2,1-2H3. The van der Waals surface area contributed by atoms with Gasteiger partial charge in [0.25, 0.3) is 0 Å². The molecule has 0 aliphatic rings. The van der Waals surface area contributed by atoms with Gasteiger partial charge in [-0.25, -0.2) is 4.98 Å². The molecule has 0 saturated heterocycles. The lowest BCUT2D eigenvalue weighted by atomic mass is 10.2. The van der Waals surface area contributed by atoms with E-state index in [0.29, 0.717) is 0 Å². The van der Waals surface area contributed by atoms with E-state index in [9.17, 15) is 4.79 Å². The van der Waals surface area contributed by atoms with Gasteiger partial charge in [-0.3, -0.25) is 9.36 Å². The molecule has 0 aliphatic heterocycles. The molecule has 0 N–H and O–H groups in total. The fourth-order valence-corrected chi connectivity index (χ4v) is 4.18. The van der Waals surface area contributed by atoms with Crippen LogP contribution < -0.4 is 0 Å². The Balaban J connectivity index is 1.84. The highest BCUT2D eigenvalue weighted by Crippen LogP contribution is 2.32. The average Bonchev–Trinajstić information content (AvgIpc) is 3.20. The maximum Gasteiger partial charge on any atom is 0.245 e. The van der Waals surface area contributed by atoms with E-state index in [1.807, 2.05) is 65.7 Å². The molecule has 4 aromatic rings. The van der Waals surface area contributed by atoms with Crippen LogP contribution in [0, 0.1) is 0 Å². The number of para-hydroxylation sites is 2. The predicted molar refractivity (Wildman–Crippen MR) is 103 cm³/mol. The van der Waals surface area contributed by atoms with Gasteiger partial charge in [0, 0.05) is 30.2 Å². The number of nitrogens with zero attached hydrogens (tertiary/aromatic N) is 3. The molecule has 0 radical (unpaired) electrons. The zero-order valence-corrected chi connectivity index (χ0v) is 15.0. The third-order valence-corrected chi connectivity index (χ3v) is 5.90. The van der Waals surface area contributed by atoms with Crippen LogP contribution in [0.5, 0.6) is 0 Å². The Bertz CT molecular complexity index is 1010. The number of carbonyl (C=O) groups excluding carboxylic acids is 1. The van der Waals surface area contributed by atoms with E-state index in [-0.39, 0.29) is 11.2 Å². The first-order valence-corrected chi connectivity index (χ1v) is 9.25. The highest BCUT2D eigenvalue weighted by atomic mass is 32.2. The molecule has 4 nitrogen and oxygen atoms in total. The highest BCUT2D eigenvalue weighted by Gasteiger charge is 2.24. The fourth-order valence-electron chi connectivity index (χ4n) is 3.21. The van der Waals surface area contributed by atoms with Gasteiger partial charge in [-0.1, -0.05) is 55.1 Å². The quantitative estimate of drug-likeness (QED) is 0.500. The van der Waals surface area contributed by atoms with Crippen LogP contribution in [0.4, 0.5) is 0 Å². The van der Waals surface area contributed by atoms with E-state index in [0.717, 1.165) is 33.4 Å². The van der Waals surface area contributed by atoms with Crippen LogP contribution in [0.2, 0.25) is 0 Å². The van der Waals surface area contributed by atoms with Gasteiger partial charge in [-0.15, -0.1) is 0 Å². The van der Waals surface area contributed by atoms with Crippen molar-refractivity contribution in [3.05, 3.63) is 60.9 Å². The Morgan fingerprint density at radius 2 is 1.68 bits per heavy atom. The second-order valence-electron chi connectivity index (χ2n) is 6.04. The van der Waals surface area contributed by atoms with Crippen molar-refractivity contribution in [3.63, 3.8) is 0 Å².